The molecular formula is C14H15FN2. The van der Waals surface area contributed by atoms with Crippen LogP contribution < -0.4 is 5.32 Å². The molecule has 0 spiro atoms. The van der Waals surface area contributed by atoms with Gasteiger partial charge in [0, 0.05) is 18.3 Å². The number of aryl methyl sites for hydroxylation is 1. The summed E-state index contributed by atoms with van der Waals surface area (Å²) >= 11 is 0. The van der Waals surface area contributed by atoms with Gasteiger partial charge >= 0.3 is 0 Å². The second kappa shape index (κ2) is 5.06. The molecule has 0 aliphatic heterocycles. The zero-order chi connectivity index (χ0) is 12.3. The summed E-state index contributed by atoms with van der Waals surface area (Å²) in [4.78, 5) is 4.29. The Kier molecular flexibility index (Phi) is 3.49. The van der Waals surface area contributed by atoms with E-state index in [1.165, 1.54) is 0 Å². The van der Waals surface area contributed by atoms with E-state index in [9.17, 15) is 4.39 Å². The molecule has 0 aliphatic carbocycles. The summed E-state index contributed by atoms with van der Waals surface area (Å²) in [7, 11) is 1.88. The maximum absolute atomic E-state index is 13.9. The molecule has 17 heavy (non-hydrogen) atoms. The van der Waals surface area contributed by atoms with Crippen LogP contribution in [0.3, 0.4) is 0 Å². The van der Waals surface area contributed by atoms with Crippen LogP contribution in [0.4, 0.5) is 4.39 Å². The summed E-state index contributed by atoms with van der Waals surface area (Å²) in [5.41, 5.74) is 2.96. The fourth-order valence-electron chi connectivity index (χ4n) is 1.74. The second-order valence-electron chi connectivity index (χ2n) is 4.02. The molecular weight excluding hydrogens is 215 g/mol. The maximum Gasteiger partial charge on any atom is 0.135 e. The number of halogens is 1. The molecule has 0 aliphatic rings. The number of aromatic nitrogens is 1. The number of rotatable bonds is 3. The third-order valence-corrected chi connectivity index (χ3v) is 2.67. The lowest BCUT2D eigenvalue weighted by Crippen LogP contribution is -2.05. The highest BCUT2D eigenvalue weighted by atomic mass is 19.1. The van der Waals surface area contributed by atoms with E-state index in [-0.39, 0.29) is 5.82 Å². The largest absolute Gasteiger partial charge is 0.316 e. The van der Waals surface area contributed by atoms with Gasteiger partial charge in [0.25, 0.3) is 0 Å². The molecule has 0 saturated carbocycles. The highest BCUT2D eigenvalue weighted by molar-refractivity contribution is 5.61. The van der Waals surface area contributed by atoms with Crippen molar-refractivity contribution in [2.45, 2.75) is 13.5 Å². The Labute approximate surface area is 101 Å². The first-order valence-corrected chi connectivity index (χ1v) is 5.57. The molecule has 1 aromatic heterocycles. The monoisotopic (exact) mass is 230 g/mol. The van der Waals surface area contributed by atoms with Crippen LogP contribution in [-0.2, 0) is 6.54 Å². The standard InChI is InChI=1S/C14H15FN2/c1-10-4-3-5-12(14(10)15)13-7-6-11(8-16-2)9-17-13/h3-7,9,16H,8H2,1-2H3. The molecule has 0 atom stereocenters. The van der Waals surface area contributed by atoms with Gasteiger partial charge in [-0.3, -0.25) is 4.98 Å². The fourth-order valence-corrected chi connectivity index (χ4v) is 1.74. The second-order valence-corrected chi connectivity index (χ2v) is 4.02. The molecule has 1 aromatic carbocycles. The number of nitrogens with zero attached hydrogens (tertiary/aromatic N) is 1. The average molecular weight is 230 g/mol. The van der Waals surface area contributed by atoms with E-state index < -0.39 is 0 Å². The van der Waals surface area contributed by atoms with Crippen molar-refractivity contribution in [1.82, 2.24) is 10.3 Å². The third kappa shape index (κ3) is 2.50. The van der Waals surface area contributed by atoms with Crippen molar-refractivity contribution in [2.75, 3.05) is 7.05 Å². The molecule has 2 rings (SSSR count). The lowest BCUT2D eigenvalue weighted by molar-refractivity contribution is 0.621. The van der Waals surface area contributed by atoms with E-state index in [2.05, 4.69) is 10.3 Å². The predicted molar refractivity (Wildman–Crippen MR) is 67.1 cm³/mol. The van der Waals surface area contributed by atoms with Crippen LogP contribution in [0.15, 0.2) is 36.5 Å². The Morgan fingerprint density at radius 1 is 1.24 bits per heavy atom. The van der Waals surface area contributed by atoms with Gasteiger partial charge in [0.2, 0.25) is 0 Å². The summed E-state index contributed by atoms with van der Waals surface area (Å²) in [6, 6.07) is 9.17. The minimum atomic E-state index is -0.193. The van der Waals surface area contributed by atoms with E-state index in [4.69, 9.17) is 0 Å². The van der Waals surface area contributed by atoms with Crippen molar-refractivity contribution in [3.05, 3.63) is 53.5 Å². The Bertz CT molecular complexity index is 506. The van der Waals surface area contributed by atoms with Gasteiger partial charge in [-0.2, -0.15) is 0 Å². The molecule has 0 saturated heterocycles. The lowest BCUT2D eigenvalue weighted by Gasteiger charge is -2.06. The lowest BCUT2D eigenvalue weighted by atomic mass is 10.1. The summed E-state index contributed by atoms with van der Waals surface area (Å²) < 4.78 is 13.9. The normalized spacial score (nSPS) is 10.5. The summed E-state index contributed by atoms with van der Waals surface area (Å²) in [5, 5.41) is 3.05. The Balaban J connectivity index is 2.36. The first-order valence-electron chi connectivity index (χ1n) is 5.57. The molecule has 0 bridgehead atoms. The van der Waals surface area contributed by atoms with Gasteiger partial charge in [-0.15, -0.1) is 0 Å². The van der Waals surface area contributed by atoms with Crippen LogP contribution in [0, 0.1) is 12.7 Å². The third-order valence-electron chi connectivity index (χ3n) is 2.67. The zero-order valence-corrected chi connectivity index (χ0v) is 10.00. The van der Waals surface area contributed by atoms with Crippen molar-refractivity contribution in [3.8, 4) is 11.3 Å². The Morgan fingerprint density at radius 2 is 2.06 bits per heavy atom. The number of benzene rings is 1. The summed E-state index contributed by atoms with van der Waals surface area (Å²) in [5.74, 6) is -0.193. The quantitative estimate of drug-likeness (QED) is 0.877. The smallest absolute Gasteiger partial charge is 0.135 e. The minimum absolute atomic E-state index is 0.193. The number of nitrogens with one attached hydrogen (secondary N) is 1. The minimum Gasteiger partial charge on any atom is -0.316 e. The first kappa shape index (κ1) is 11.7. The molecule has 88 valence electrons. The molecule has 0 fully saturated rings. The highest BCUT2D eigenvalue weighted by Crippen LogP contribution is 2.22. The molecule has 0 unspecified atom stereocenters. The van der Waals surface area contributed by atoms with Gasteiger partial charge < -0.3 is 5.32 Å². The molecule has 0 amide bonds. The number of hydrogen-bond acceptors (Lipinski definition) is 2. The van der Waals surface area contributed by atoms with Gasteiger partial charge in [-0.25, -0.2) is 4.39 Å². The van der Waals surface area contributed by atoms with Crippen molar-refractivity contribution in [1.29, 1.82) is 0 Å². The van der Waals surface area contributed by atoms with Crippen molar-refractivity contribution in [2.24, 2.45) is 0 Å². The molecule has 0 radical (unpaired) electrons. The first-order chi connectivity index (χ1) is 8.22. The topological polar surface area (TPSA) is 24.9 Å². The zero-order valence-electron chi connectivity index (χ0n) is 10.00. The highest BCUT2D eigenvalue weighted by Gasteiger charge is 2.07. The molecule has 2 aromatic rings. The van der Waals surface area contributed by atoms with Crippen LogP contribution in [0.1, 0.15) is 11.1 Å². The van der Waals surface area contributed by atoms with Crippen molar-refractivity contribution < 1.29 is 4.39 Å². The van der Waals surface area contributed by atoms with E-state index in [1.807, 2.05) is 25.2 Å². The fraction of sp³-hybridized carbons (Fsp3) is 0.214. The Morgan fingerprint density at radius 3 is 2.71 bits per heavy atom. The summed E-state index contributed by atoms with van der Waals surface area (Å²) in [6.07, 6.45) is 1.77. The Hall–Kier alpha value is -1.74. The summed E-state index contributed by atoms with van der Waals surface area (Å²) in [6.45, 7) is 2.53. The van der Waals surface area contributed by atoms with Crippen LogP contribution in [0.2, 0.25) is 0 Å². The van der Waals surface area contributed by atoms with Gasteiger partial charge in [-0.05, 0) is 37.2 Å². The molecule has 3 heteroatoms. The van der Waals surface area contributed by atoms with Gasteiger partial charge in [0.05, 0.1) is 5.69 Å². The SMILES string of the molecule is CNCc1ccc(-c2cccc(C)c2F)nc1. The van der Waals surface area contributed by atoms with Crippen molar-refractivity contribution in [3.63, 3.8) is 0 Å². The average Bonchev–Trinajstić information content (AvgIpc) is 2.34. The van der Waals surface area contributed by atoms with Crippen molar-refractivity contribution >= 4 is 0 Å². The van der Waals surface area contributed by atoms with Gasteiger partial charge in [-0.1, -0.05) is 18.2 Å². The van der Waals surface area contributed by atoms with Crippen LogP contribution >= 0.6 is 0 Å². The number of pyridine rings is 1. The molecule has 1 N–H and O–H groups in total. The van der Waals surface area contributed by atoms with E-state index in [1.54, 1.807) is 25.3 Å². The van der Waals surface area contributed by atoms with E-state index in [0.29, 0.717) is 16.8 Å². The van der Waals surface area contributed by atoms with E-state index in [0.717, 1.165) is 12.1 Å². The number of hydrogen-bond donors (Lipinski definition) is 1. The van der Waals surface area contributed by atoms with Crippen LogP contribution in [-0.4, -0.2) is 12.0 Å². The molecule has 2 nitrogen and oxygen atoms in total. The van der Waals surface area contributed by atoms with Crippen LogP contribution in [0.25, 0.3) is 11.3 Å². The van der Waals surface area contributed by atoms with E-state index >= 15 is 0 Å². The van der Waals surface area contributed by atoms with Crippen LogP contribution in [0.5, 0.6) is 0 Å². The maximum atomic E-state index is 13.9. The molecule has 1 heterocycles. The van der Waals surface area contributed by atoms with Gasteiger partial charge in [0.1, 0.15) is 5.82 Å². The van der Waals surface area contributed by atoms with Gasteiger partial charge in [0.15, 0.2) is 0 Å². The predicted octanol–water partition coefficient (Wildman–Crippen LogP) is 2.92.